The van der Waals surface area contributed by atoms with E-state index in [4.69, 9.17) is 10.2 Å². The van der Waals surface area contributed by atoms with Gasteiger partial charge in [-0.25, -0.2) is 0 Å². The molecule has 3 N–H and O–H groups in total. The molecular weight excluding hydrogens is 329 g/mol. The average Bonchev–Trinajstić information content (AvgIpc) is 3.23. The van der Waals surface area contributed by atoms with Crippen LogP contribution >= 0.6 is 0 Å². The van der Waals surface area contributed by atoms with Crippen LogP contribution in [0, 0.1) is 0 Å². The molecule has 130 valence electrons. The number of hydrogen-bond acceptors (Lipinski definition) is 5. The molecule has 1 aliphatic heterocycles. The van der Waals surface area contributed by atoms with Gasteiger partial charge in [-0.1, -0.05) is 0 Å². The topological polar surface area (TPSA) is 97.4 Å². The highest BCUT2D eigenvalue weighted by atomic mass is 19.4. The molecule has 1 aliphatic rings. The Morgan fingerprint density at radius 1 is 1.50 bits per heavy atom. The number of aromatic nitrogens is 2. The fourth-order valence-corrected chi connectivity index (χ4v) is 2.63. The summed E-state index contributed by atoms with van der Waals surface area (Å²) in [6.07, 6.45) is -2.25. The number of carbonyl (C=O) groups excluding carboxylic acids is 1. The van der Waals surface area contributed by atoms with Gasteiger partial charge in [0.1, 0.15) is 0 Å². The van der Waals surface area contributed by atoms with E-state index in [-0.39, 0.29) is 17.6 Å². The second-order valence-electron chi connectivity index (χ2n) is 5.50. The summed E-state index contributed by atoms with van der Waals surface area (Å²) in [6, 6.07) is 2.49. The second-order valence-corrected chi connectivity index (χ2v) is 5.50. The summed E-state index contributed by atoms with van der Waals surface area (Å²) in [5, 5.41) is 6.68. The Hall–Kier alpha value is -2.65. The van der Waals surface area contributed by atoms with Crippen LogP contribution in [-0.2, 0) is 0 Å². The number of halogens is 3. The normalized spacial score (nSPS) is 18.1. The van der Waals surface area contributed by atoms with Gasteiger partial charge in [0, 0.05) is 25.1 Å². The number of likely N-dealkylation sites (tertiary alicyclic amines) is 1. The van der Waals surface area contributed by atoms with Crippen molar-refractivity contribution in [1.82, 2.24) is 15.1 Å². The van der Waals surface area contributed by atoms with Crippen LogP contribution in [0.15, 0.2) is 22.7 Å². The SMILES string of the molecule is Nc1cn[nH]c1C1CCN(C(=O)c2ccc(OCC(F)(F)F)o2)C1. The summed E-state index contributed by atoms with van der Waals surface area (Å²) in [5.74, 6) is -0.778. The highest BCUT2D eigenvalue weighted by molar-refractivity contribution is 5.91. The molecule has 0 radical (unpaired) electrons. The number of ether oxygens (including phenoxy) is 1. The number of carbonyl (C=O) groups is 1. The maximum atomic E-state index is 12.4. The van der Waals surface area contributed by atoms with Gasteiger partial charge in [-0.15, -0.1) is 0 Å². The summed E-state index contributed by atoms with van der Waals surface area (Å²) in [7, 11) is 0. The number of nitrogen functional groups attached to an aromatic ring is 1. The van der Waals surface area contributed by atoms with E-state index in [9.17, 15) is 18.0 Å². The molecule has 7 nitrogen and oxygen atoms in total. The van der Waals surface area contributed by atoms with Crippen LogP contribution < -0.4 is 10.5 Å². The molecule has 0 aliphatic carbocycles. The Balaban J connectivity index is 1.61. The first-order chi connectivity index (χ1) is 11.3. The number of nitrogens with two attached hydrogens (primary N) is 1. The highest BCUT2D eigenvalue weighted by Crippen LogP contribution is 2.30. The van der Waals surface area contributed by atoms with E-state index in [0.29, 0.717) is 25.2 Å². The number of furan rings is 1. The Bertz CT molecular complexity index is 725. The van der Waals surface area contributed by atoms with E-state index in [1.165, 1.54) is 18.3 Å². The molecule has 1 unspecified atom stereocenters. The number of aromatic amines is 1. The molecule has 2 aromatic rings. The number of nitrogens with one attached hydrogen (secondary N) is 1. The van der Waals surface area contributed by atoms with Crippen molar-refractivity contribution in [1.29, 1.82) is 0 Å². The summed E-state index contributed by atoms with van der Waals surface area (Å²) in [4.78, 5) is 13.9. The molecule has 0 bridgehead atoms. The lowest BCUT2D eigenvalue weighted by molar-refractivity contribution is -0.156. The number of nitrogens with zero attached hydrogens (tertiary/aromatic N) is 2. The molecule has 1 atom stereocenters. The zero-order valence-electron chi connectivity index (χ0n) is 12.5. The smallest absolute Gasteiger partial charge is 0.422 e. The van der Waals surface area contributed by atoms with Crippen molar-refractivity contribution in [3.63, 3.8) is 0 Å². The van der Waals surface area contributed by atoms with Crippen molar-refractivity contribution in [2.45, 2.75) is 18.5 Å². The summed E-state index contributed by atoms with van der Waals surface area (Å²) in [5.41, 5.74) is 7.11. The van der Waals surface area contributed by atoms with Crippen molar-refractivity contribution in [3.8, 4) is 5.95 Å². The number of hydrogen-bond donors (Lipinski definition) is 2. The molecule has 0 spiro atoms. The van der Waals surface area contributed by atoms with Gasteiger partial charge in [0.15, 0.2) is 12.4 Å². The first kappa shape index (κ1) is 16.2. The Morgan fingerprint density at radius 3 is 2.96 bits per heavy atom. The van der Waals surface area contributed by atoms with Crippen molar-refractivity contribution in [2.24, 2.45) is 0 Å². The minimum absolute atomic E-state index is 0.0346. The maximum absolute atomic E-state index is 12.4. The van der Waals surface area contributed by atoms with Gasteiger partial charge >= 0.3 is 6.18 Å². The minimum atomic E-state index is -4.47. The third-order valence-corrected chi connectivity index (χ3v) is 3.75. The molecule has 2 aromatic heterocycles. The van der Waals surface area contributed by atoms with E-state index in [1.807, 2.05) is 0 Å². The van der Waals surface area contributed by atoms with Crippen LogP contribution in [0.5, 0.6) is 5.95 Å². The Morgan fingerprint density at radius 2 is 2.29 bits per heavy atom. The third-order valence-electron chi connectivity index (χ3n) is 3.75. The number of alkyl halides is 3. The molecule has 0 aromatic carbocycles. The lowest BCUT2D eigenvalue weighted by Gasteiger charge is -2.14. The standard InChI is InChI=1S/C14H15F3N4O3/c15-14(16,17)7-23-11-2-1-10(24-11)13(22)21-4-3-8(6-21)12-9(18)5-19-20-12/h1-2,5,8H,3-4,6-7,18H2,(H,19,20). The molecule has 24 heavy (non-hydrogen) atoms. The van der Waals surface area contributed by atoms with Crippen LogP contribution in [-0.4, -0.2) is 46.9 Å². The summed E-state index contributed by atoms with van der Waals surface area (Å²) >= 11 is 0. The largest absolute Gasteiger partial charge is 0.455 e. The van der Waals surface area contributed by atoms with Crippen molar-refractivity contribution in [3.05, 3.63) is 29.8 Å². The third kappa shape index (κ3) is 3.47. The van der Waals surface area contributed by atoms with Crippen LogP contribution in [0.2, 0.25) is 0 Å². The number of amides is 1. The highest BCUT2D eigenvalue weighted by Gasteiger charge is 2.32. The van der Waals surface area contributed by atoms with Gasteiger partial charge < -0.3 is 19.8 Å². The predicted octanol–water partition coefficient (Wildman–Crippen LogP) is 2.16. The van der Waals surface area contributed by atoms with Crippen LogP contribution in [0.3, 0.4) is 0 Å². The predicted molar refractivity (Wildman–Crippen MR) is 76.5 cm³/mol. The molecular formula is C14H15F3N4O3. The summed E-state index contributed by atoms with van der Waals surface area (Å²) in [6.45, 7) is -0.564. The summed E-state index contributed by atoms with van der Waals surface area (Å²) < 4.78 is 45.8. The molecule has 1 saturated heterocycles. The minimum Gasteiger partial charge on any atom is -0.455 e. The first-order valence-corrected chi connectivity index (χ1v) is 7.21. The number of anilines is 1. The molecule has 10 heteroatoms. The van der Waals surface area contributed by atoms with Crippen molar-refractivity contribution in [2.75, 3.05) is 25.4 Å². The van der Waals surface area contributed by atoms with Gasteiger partial charge in [-0.05, 0) is 12.5 Å². The number of rotatable bonds is 4. The van der Waals surface area contributed by atoms with Crippen LogP contribution in [0.4, 0.5) is 18.9 Å². The molecule has 3 rings (SSSR count). The van der Waals surface area contributed by atoms with E-state index < -0.39 is 18.7 Å². The lowest BCUT2D eigenvalue weighted by Crippen LogP contribution is -2.28. The van der Waals surface area contributed by atoms with Crippen molar-refractivity contribution < 1.29 is 27.1 Å². The number of H-pyrrole nitrogens is 1. The van der Waals surface area contributed by atoms with Gasteiger partial charge in [-0.2, -0.15) is 18.3 Å². The van der Waals surface area contributed by atoms with Gasteiger partial charge in [0.05, 0.1) is 17.6 Å². The Kier molecular flexibility index (Phi) is 4.12. The van der Waals surface area contributed by atoms with Crippen LogP contribution in [0.25, 0.3) is 0 Å². The molecule has 1 fully saturated rings. The van der Waals surface area contributed by atoms with Gasteiger partial charge in [-0.3, -0.25) is 9.89 Å². The zero-order chi connectivity index (χ0) is 17.3. The quantitative estimate of drug-likeness (QED) is 0.886. The van der Waals surface area contributed by atoms with E-state index in [2.05, 4.69) is 14.9 Å². The molecule has 3 heterocycles. The molecule has 0 saturated carbocycles. The Labute approximate surface area is 134 Å². The maximum Gasteiger partial charge on any atom is 0.422 e. The fourth-order valence-electron chi connectivity index (χ4n) is 2.63. The zero-order valence-corrected chi connectivity index (χ0v) is 12.5. The van der Waals surface area contributed by atoms with E-state index in [1.54, 1.807) is 4.90 Å². The molecule has 1 amide bonds. The van der Waals surface area contributed by atoms with Gasteiger partial charge in [0.25, 0.3) is 11.9 Å². The van der Waals surface area contributed by atoms with E-state index >= 15 is 0 Å². The van der Waals surface area contributed by atoms with Crippen LogP contribution in [0.1, 0.15) is 28.6 Å². The van der Waals surface area contributed by atoms with Crippen molar-refractivity contribution >= 4 is 11.6 Å². The lowest BCUT2D eigenvalue weighted by atomic mass is 10.0. The monoisotopic (exact) mass is 344 g/mol. The fraction of sp³-hybridized carbons (Fsp3) is 0.429. The van der Waals surface area contributed by atoms with E-state index in [0.717, 1.165) is 5.69 Å². The second kappa shape index (κ2) is 6.10. The van der Waals surface area contributed by atoms with Gasteiger partial charge in [0.2, 0.25) is 0 Å². The first-order valence-electron chi connectivity index (χ1n) is 7.21. The average molecular weight is 344 g/mol.